The molecule has 0 aliphatic rings. The lowest BCUT2D eigenvalue weighted by Crippen LogP contribution is -2.52. The number of aliphatic hydroxyl groups is 1. The van der Waals surface area contributed by atoms with Gasteiger partial charge >= 0.3 is 6.92 Å². The highest BCUT2D eigenvalue weighted by molar-refractivity contribution is 7.90. The van der Waals surface area contributed by atoms with Gasteiger partial charge in [0, 0.05) is 6.26 Å². The molecule has 4 nitrogen and oxygen atoms in total. The predicted molar refractivity (Wildman–Crippen MR) is 82.3 cm³/mol. The summed E-state index contributed by atoms with van der Waals surface area (Å²) in [4.78, 5) is 0.270. The molecule has 6 heteroatoms. The third kappa shape index (κ3) is 4.07. The molecule has 0 saturated carbocycles. The Balaban J connectivity index is 3.03. The smallest absolute Gasteiger partial charge is 0.324 e. The number of sulfone groups is 1. The maximum Gasteiger partial charge on any atom is 0.324 e. The monoisotopic (exact) mass is 298 g/mol. The molecule has 1 aromatic rings. The number of hydrogen-bond acceptors (Lipinski definition) is 4. The van der Waals surface area contributed by atoms with E-state index >= 15 is 0 Å². The molecule has 112 valence electrons. The van der Waals surface area contributed by atoms with Crippen molar-refractivity contribution < 1.29 is 18.2 Å². The molecule has 1 N–H and O–H groups in total. The topological polar surface area (TPSA) is 63.6 Å². The highest BCUT2D eigenvalue weighted by Gasteiger charge is 2.38. The van der Waals surface area contributed by atoms with Gasteiger partial charge in [-0.05, 0) is 45.3 Å². The maximum atomic E-state index is 11.6. The van der Waals surface area contributed by atoms with Crippen molar-refractivity contribution in [1.29, 1.82) is 0 Å². The zero-order valence-corrected chi connectivity index (χ0v) is 13.8. The van der Waals surface area contributed by atoms with Crippen LogP contribution in [0.5, 0.6) is 0 Å². The van der Waals surface area contributed by atoms with E-state index in [9.17, 15) is 13.5 Å². The Morgan fingerprint density at radius 1 is 1.20 bits per heavy atom. The van der Waals surface area contributed by atoms with E-state index < -0.39 is 21.0 Å². The summed E-state index contributed by atoms with van der Waals surface area (Å²) in [6, 6.07) is 6.69. The highest BCUT2D eigenvalue weighted by atomic mass is 32.2. The fourth-order valence-corrected chi connectivity index (χ4v) is 2.33. The number of hydrogen-bond donors (Lipinski definition) is 1. The maximum absolute atomic E-state index is 11.6. The van der Waals surface area contributed by atoms with Gasteiger partial charge in [-0.15, -0.1) is 0 Å². The summed E-state index contributed by atoms with van der Waals surface area (Å²) in [6.07, 6.45) is 1.18. The van der Waals surface area contributed by atoms with E-state index in [0.29, 0.717) is 0 Å². The first-order valence-corrected chi connectivity index (χ1v) is 8.44. The van der Waals surface area contributed by atoms with Gasteiger partial charge in [0.05, 0.1) is 16.1 Å². The van der Waals surface area contributed by atoms with E-state index in [1.807, 2.05) is 26.7 Å². The second-order valence-electron chi connectivity index (χ2n) is 6.17. The normalized spacial score (nSPS) is 13.3. The van der Waals surface area contributed by atoms with Crippen molar-refractivity contribution in [1.82, 2.24) is 0 Å². The fraction of sp³-hybridized carbons (Fsp3) is 0.571. The van der Waals surface area contributed by atoms with Crippen LogP contribution >= 0.6 is 0 Å². The van der Waals surface area contributed by atoms with Gasteiger partial charge in [0.2, 0.25) is 0 Å². The molecule has 0 aliphatic heterocycles. The van der Waals surface area contributed by atoms with E-state index in [1.54, 1.807) is 32.0 Å². The van der Waals surface area contributed by atoms with Crippen LogP contribution < -0.4 is 5.46 Å². The molecule has 0 amide bonds. The highest BCUT2D eigenvalue weighted by Crippen LogP contribution is 2.25. The van der Waals surface area contributed by atoms with Gasteiger partial charge in [0.25, 0.3) is 0 Å². The molecule has 0 radical (unpaired) electrons. The Hall–Kier alpha value is -0.845. The molecular weight excluding hydrogens is 275 g/mol. The first-order chi connectivity index (χ1) is 8.84. The Bertz CT molecular complexity index is 573. The second kappa shape index (κ2) is 5.50. The molecule has 20 heavy (non-hydrogen) atoms. The van der Waals surface area contributed by atoms with Gasteiger partial charge in [-0.2, -0.15) is 0 Å². The van der Waals surface area contributed by atoms with Crippen molar-refractivity contribution in [3.05, 3.63) is 24.3 Å². The Morgan fingerprint density at radius 3 is 2.20 bits per heavy atom. The average Bonchev–Trinajstić information content (AvgIpc) is 2.26. The zero-order chi connectivity index (χ0) is 15.8. The molecule has 0 aromatic heterocycles. The second-order valence-corrected chi connectivity index (χ2v) is 8.19. The van der Waals surface area contributed by atoms with E-state index in [-0.39, 0.29) is 11.8 Å². The van der Waals surface area contributed by atoms with E-state index in [1.165, 1.54) is 6.26 Å². The van der Waals surface area contributed by atoms with Crippen LogP contribution in [0.3, 0.4) is 0 Å². The molecule has 0 aliphatic carbocycles. The molecule has 0 bridgehead atoms. The van der Waals surface area contributed by atoms with Crippen LogP contribution in [-0.4, -0.2) is 37.9 Å². The molecule has 0 atom stereocenters. The molecule has 1 rings (SSSR count). The minimum Gasteiger partial charge on any atom is -0.423 e. The van der Waals surface area contributed by atoms with Gasteiger partial charge in [-0.1, -0.05) is 19.0 Å². The van der Waals surface area contributed by atoms with Crippen molar-refractivity contribution in [2.45, 2.75) is 50.6 Å². The van der Waals surface area contributed by atoms with Crippen molar-refractivity contribution in [3.63, 3.8) is 0 Å². The third-order valence-electron chi connectivity index (χ3n) is 3.70. The largest absolute Gasteiger partial charge is 0.423 e. The number of benzene rings is 1. The summed E-state index contributed by atoms with van der Waals surface area (Å²) >= 11 is 0. The molecule has 0 heterocycles. The quantitative estimate of drug-likeness (QED) is 0.836. The molecular formula is C14H23BO4S. The fourth-order valence-electron chi connectivity index (χ4n) is 1.65. The third-order valence-corrected chi connectivity index (χ3v) is 4.81. The molecule has 0 unspecified atom stereocenters. The standard InChI is InChI=1S/C14H23BO4S/c1-13(2,16)14(3,4)19-15(5)11-8-7-9-12(10-11)20(6,17)18/h7-10,16H,1-6H3. The van der Waals surface area contributed by atoms with Gasteiger partial charge in [-0.3, -0.25) is 0 Å². The first-order valence-electron chi connectivity index (χ1n) is 6.55. The summed E-state index contributed by atoms with van der Waals surface area (Å²) < 4.78 is 29.1. The first kappa shape index (κ1) is 17.2. The van der Waals surface area contributed by atoms with Crippen LogP contribution in [0.1, 0.15) is 27.7 Å². The lowest BCUT2D eigenvalue weighted by Gasteiger charge is -2.39. The van der Waals surface area contributed by atoms with Gasteiger partial charge in [0.1, 0.15) is 0 Å². The van der Waals surface area contributed by atoms with E-state index in [0.717, 1.165) is 5.46 Å². The van der Waals surface area contributed by atoms with Gasteiger partial charge in [-0.25, -0.2) is 8.42 Å². The lowest BCUT2D eigenvalue weighted by molar-refractivity contribution is -0.0918. The minimum atomic E-state index is -3.24. The van der Waals surface area contributed by atoms with E-state index in [4.69, 9.17) is 4.65 Å². The number of rotatable bonds is 5. The molecule has 1 aromatic carbocycles. The Labute approximate surface area is 122 Å². The van der Waals surface area contributed by atoms with Crippen molar-refractivity contribution >= 4 is 22.2 Å². The lowest BCUT2D eigenvalue weighted by atomic mass is 9.62. The summed E-state index contributed by atoms with van der Waals surface area (Å²) in [6.45, 7) is 8.51. The van der Waals surface area contributed by atoms with Gasteiger partial charge in [0.15, 0.2) is 9.84 Å². The minimum absolute atomic E-state index is 0.270. The predicted octanol–water partition coefficient (Wildman–Crippen LogP) is 1.48. The van der Waals surface area contributed by atoms with Crippen LogP contribution in [0.15, 0.2) is 29.2 Å². The SMILES string of the molecule is CB(OC(C)(C)C(C)(C)O)c1cccc(S(C)(=O)=O)c1. The summed E-state index contributed by atoms with van der Waals surface area (Å²) in [5, 5.41) is 10.1. The van der Waals surface area contributed by atoms with Crippen molar-refractivity contribution in [3.8, 4) is 0 Å². The summed E-state index contributed by atoms with van der Waals surface area (Å²) in [7, 11) is -3.24. The molecule has 0 fully saturated rings. The van der Waals surface area contributed by atoms with Crippen LogP contribution in [-0.2, 0) is 14.5 Å². The Kier molecular flexibility index (Phi) is 4.74. The van der Waals surface area contributed by atoms with E-state index in [2.05, 4.69) is 0 Å². The van der Waals surface area contributed by atoms with Crippen molar-refractivity contribution in [2.75, 3.05) is 6.26 Å². The molecule has 0 saturated heterocycles. The van der Waals surface area contributed by atoms with Crippen LogP contribution in [0.4, 0.5) is 0 Å². The Morgan fingerprint density at radius 2 is 1.75 bits per heavy atom. The summed E-state index contributed by atoms with van der Waals surface area (Å²) in [5.41, 5.74) is -0.992. The van der Waals surface area contributed by atoms with Crippen molar-refractivity contribution in [2.24, 2.45) is 0 Å². The van der Waals surface area contributed by atoms with Crippen LogP contribution in [0, 0.1) is 0 Å². The van der Waals surface area contributed by atoms with Crippen LogP contribution in [0.25, 0.3) is 0 Å². The van der Waals surface area contributed by atoms with Crippen LogP contribution in [0.2, 0.25) is 6.82 Å². The van der Waals surface area contributed by atoms with Gasteiger partial charge < -0.3 is 9.76 Å². The average molecular weight is 298 g/mol. The molecule has 0 spiro atoms. The zero-order valence-electron chi connectivity index (χ0n) is 13.0. The summed E-state index contributed by atoms with van der Waals surface area (Å²) in [5.74, 6) is 0.